The van der Waals surface area contributed by atoms with Gasteiger partial charge in [-0.15, -0.1) is 0 Å². The average molecular weight is 463 g/mol. The molecule has 0 aromatic heterocycles. The van der Waals surface area contributed by atoms with E-state index in [4.69, 9.17) is 0 Å². The minimum atomic E-state index is -4.27. The molecule has 0 amide bonds. The molecular formula is C27H26O3S2. The van der Waals surface area contributed by atoms with Gasteiger partial charge in [-0.1, -0.05) is 79.2 Å². The summed E-state index contributed by atoms with van der Waals surface area (Å²) in [7, 11) is -4.30. The zero-order valence-electron chi connectivity index (χ0n) is 18.1. The van der Waals surface area contributed by atoms with Crippen molar-refractivity contribution in [1.82, 2.24) is 0 Å². The summed E-state index contributed by atoms with van der Waals surface area (Å²) in [6.45, 7) is 4.05. The Kier molecular flexibility index (Phi) is 8.28. The number of hydrogen-bond donors (Lipinski definition) is 0. The van der Waals surface area contributed by atoms with Crippen molar-refractivity contribution in [3.05, 3.63) is 120 Å². The summed E-state index contributed by atoms with van der Waals surface area (Å²) in [5.41, 5.74) is 2.37. The van der Waals surface area contributed by atoms with Crippen LogP contribution in [0.4, 0.5) is 0 Å². The van der Waals surface area contributed by atoms with Crippen LogP contribution in [-0.4, -0.2) is 13.0 Å². The molecule has 0 spiro atoms. The molecule has 0 aliphatic heterocycles. The molecule has 0 aliphatic carbocycles. The van der Waals surface area contributed by atoms with Gasteiger partial charge >= 0.3 is 0 Å². The lowest BCUT2D eigenvalue weighted by Gasteiger charge is -2.10. The molecule has 0 atom stereocenters. The number of rotatable bonds is 5. The predicted molar refractivity (Wildman–Crippen MR) is 130 cm³/mol. The van der Waals surface area contributed by atoms with E-state index in [-0.39, 0.29) is 15.8 Å². The number of benzene rings is 4. The highest BCUT2D eigenvalue weighted by Gasteiger charge is 2.30. The highest BCUT2D eigenvalue weighted by Crippen LogP contribution is 2.33. The summed E-state index contributed by atoms with van der Waals surface area (Å²) >= 11 is 0. The third-order valence-corrected chi connectivity index (χ3v) is 8.02. The van der Waals surface area contributed by atoms with Gasteiger partial charge in [0, 0.05) is 5.56 Å². The van der Waals surface area contributed by atoms with E-state index in [2.05, 4.69) is 91.9 Å². The lowest BCUT2D eigenvalue weighted by Crippen LogP contribution is -2.07. The molecule has 0 fully saturated rings. The van der Waals surface area contributed by atoms with Crippen LogP contribution < -0.4 is 0 Å². The maximum absolute atomic E-state index is 10.4. The molecule has 164 valence electrons. The minimum absolute atomic E-state index is 0.0261. The second kappa shape index (κ2) is 11.1. The van der Waals surface area contributed by atoms with Crippen LogP contribution in [-0.2, 0) is 27.4 Å². The number of hydrogen-bond acceptors (Lipinski definition) is 3. The molecule has 4 aromatic carbocycles. The van der Waals surface area contributed by atoms with Crippen molar-refractivity contribution in [2.45, 2.75) is 39.9 Å². The molecule has 5 heteroatoms. The highest BCUT2D eigenvalue weighted by molar-refractivity contribution is 7.97. The van der Waals surface area contributed by atoms with Crippen LogP contribution in [0.1, 0.15) is 18.1 Å². The molecule has 3 nitrogen and oxygen atoms in total. The van der Waals surface area contributed by atoms with Gasteiger partial charge in [-0.2, -0.15) is 0 Å². The molecule has 0 aliphatic rings. The molecule has 4 rings (SSSR count). The Morgan fingerprint density at radius 1 is 0.688 bits per heavy atom. The van der Waals surface area contributed by atoms with E-state index in [0.717, 1.165) is 12.0 Å². The van der Waals surface area contributed by atoms with E-state index in [1.54, 1.807) is 12.1 Å². The third-order valence-electron chi connectivity index (χ3n) is 4.84. The first-order valence-electron chi connectivity index (χ1n) is 10.3. The summed E-state index contributed by atoms with van der Waals surface area (Å²) in [5, 5.41) is 0. The summed E-state index contributed by atoms with van der Waals surface area (Å²) in [6.07, 6.45) is 1.07. The Labute approximate surface area is 193 Å². The van der Waals surface area contributed by atoms with Gasteiger partial charge in [-0.3, -0.25) is 0 Å². The van der Waals surface area contributed by atoms with Gasteiger partial charge in [0.15, 0.2) is 14.7 Å². The Hall–Kier alpha value is -2.86. The monoisotopic (exact) mass is 462 g/mol. The van der Waals surface area contributed by atoms with Crippen molar-refractivity contribution < 1.29 is 13.0 Å². The van der Waals surface area contributed by atoms with Gasteiger partial charge in [0.25, 0.3) is 0 Å². The fourth-order valence-corrected chi connectivity index (χ4v) is 6.00. The van der Waals surface area contributed by atoms with Gasteiger partial charge in [-0.05, 0) is 55.8 Å². The van der Waals surface area contributed by atoms with Crippen LogP contribution >= 0.6 is 0 Å². The van der Waals surface area contributed by atoms with E-state index in [9.17, 15) is 13.0 Å². The van der Waals surface area contributed by atoms with E-state index < -0.39 is 10.1 Å². The second-order valence-corrected chi connectivity index (χ2v) is 10.5. The average Bonchev–Trinajstić information content (AvgIpc) is 2.81. The maximum Gasteiger partial charge on any atom is 0.169 e. The zero-order chi connectivity index (χ0) is 23.0. The third kappa shape index (κ3) is 6.33. The molecule has 0 saturated heterocycles. The fraction of sp³-hybridized carbons (Fsp3) is 0.111. The van der Waals surface area contributed by atoms with Crippen LogP contribution in [0.3, 0.4) is 0 Å². The smallest absolute Gasteiger partial charge is 0.169 e. The highest BCUT2D eigenvalue weighted by atomic mass is 32.2. The first kappa shape index (κ1) is 23.8. The van der Waals surface area contributed by atoms with Crippen molar-refractivity contribution in [2.75, 3.05) is 0 Å². The molecule has 4 aromatic rings. The Bertz CT molecular complexity index is 1180. The topological polar surface area (TPSA) is 57.2 Å². The van der Waals surface area contributed by atoms with E-state index in [1.807, 2.05) is 6.92 Å². The van der Waals surface area contributed by atoms with Crippen LogP contribution in [0, 0.1) is 6.92 Å². The van der Waals surface area contributed by atoms with Crippen molar-refractivity contribution >= 4 is 21.0 Å². The summed E-state index contributed by atoms with van der Waals surface area (Å²) in [4.78, 5) is 4.02. The van der Waals surface area contributed by atoms with Gasteiger partial charge in [0.2, 0.25) is 0 Å². The van der Waals surface area contributed by atoms with Crippen LogP contribution in [0.25, 0.3) is 0 Å². The quantitative estimate of drug-likeness (QED) is 0.260. The Morgan fingerprint density at radius 3 is 1.62 bits per heavy atom. The lowest BCUT2D eigenvalue weighted by atomic mass is 10.2. The standard InChI is InChI=1S/C20H19S.C7H8O3S/c1-2-17-11-9-10-16-20(17)21(18-12-5-3-6-13-18)19-14-7-4-8-15-19;1-6-2-4-7(5-3-6)11(8,9)10/h3-16H,2H2,1H3;2-5H,1H3,(H,8,9,10)/q+1;/p-1. The number of aryl methyl sites for hydroxylation is 2. The summed E-state index contributed by atoms with van der Waals surface area (Å²) in [5.74, 6) is 0. The molecule has 0 saturated carbocycles. The first-order chi connectivity index (χ1) is 15.4. The second-order valence-electron chi connectivity index (χ2n) is 7.16. The van der Waals surface area contributed by atoms with Gasteiger partial charge in [-0.25, -0.2) is 8.42 Å². The fourth-order valence-electron chi connectivity index (χ4n) is 3.20. The van der Waals surface area contributed by atoms with Crippen molar-refractivity contribution in [1.29, 1.82) is 0 Å². The molecule has 32 heavy (non-hydrogen) atoms. The Balaban J connectivity index is 0.000000222. The van der Waals surface area contributed by atoms with Crippen molar-refractivity contribution in [3.8, 4) is 0 Å². The molecule has 0 radical (unpaired) electrons. The molecule has 0 unspecified atom stereocenters. The van der Waals surface area contributed by atoms with Crippen LogP contribution in [0.15, 0.2) is 129 Å². The van der Waals surface area contributed by atoms with Crippen LogP contribution in [0.5, 0.6) is 0 Å². The van der Waals surface area contributed by atoms with Crippen molar-refractivity contribution in [3.63, 3.8) is 0 Å². The zero-order valence-corrected chi connectivity index (χ0v) is 19.8. The largest absolute Gasteiger partial charge is 0.744 e. The van der Waals surface area contributed by atoms with Crippen molar-refractivity contribution in [2.24, 2.45) is 0 Å². The Morgan fingerprint density at radius 2 is 1.16 bits per heavy atom. The SMILES string of the molecule is CCc1ccccc1[S+](c1ccccc1)c1ccccc1.Cc1ccc(S(=O)(=O)[O-])cc1. The maximum atomic E-state index is 10.4. The molecular weight excluding hydrogens is 436 g/mol. The molecule has 0 heterocycles. The van der Waals surface area contributed by atoms with E-state index in [1.165, 1.54) is 32.4 Å². The van der Waals surface area contributed by atoms with E-state index >= 15 is 0 Å². The first-order valence-corrected chi connectivity index (χ1v) is 13.0. The van der Waals surface area contributed by atoms with E-state index in [0.29, 0.717) is 0 Å². The molecule has 0 N–H and O–H groups in total. The lowest BCUT2D eigenvalue weighted by molar-refractivity contribution is 0.463. The minimum Gasteiger partial charge on any atom is -0.744 e. The van der Waals surface area contributed by atoms with Gasteiger partial charge in [0.1, 0.15) is 10.1 Å². The normalized spacial score (nSPS) is 11.0. The van der Waals surface area contributed by atoms with Gasteiger partial charge < -0.3 is 4.55 Å². The van der Waals surface area contributed by atoms with Gasteiger partial charge in [0.05, 0.1) is 15.8 Å². The summed E-state index contributed by atoms with van der Waals surface area (Å²) in [6, 6.07) is 36.3. The predicted octanol–water partition coefficient (Wildman–Crippen LogP) is 6.24. The summed E-state index contributed by atoms with van der Waals surface area (Å²) < 4.78 is 31.2. The van der Waals surface area contributed by atoms with Crippen LogP contribution in [0.2, 0.25) is 0 Å². The molecule has 0 bridgehead atoms.